The van der Waals surface area contributed by atoms with Gasteiger partial charge in [0, 0.05) is 20.5 Å². The van der Waals surface area contributed by atoms with E-state index < -0.39 is 19.5 Å². The predicted molar refractivity (Wildman–Crippen MR) is 87.3 cm³/mol. The number of anilines is 1. The zero-order chi connectivity index (χ0) is 15.9. The fourth-order valence-electron chi connectivity index (χ4n) is 2.56. The number of nitrogens with zero attached hydrogens (tertiary/aromatic N) is 4. The van der Waals surface area contributed by atoms with E-state index in [1.54, 1.807) is 6.07 Å². The second-order valence-corrected chi connectivity index (χ2v) is 6.31. The molecule has 1 atom stereocenters. The van der Waals surface area contributed by atoms with Gasteiger partial charge in [0.25, 0.3) is 6.43 Å². The van der Waals surface area contributed by atoms with E-state index in [0.29, 0.717) is 27.0 Å². The van der Waals surface area contributed by atoms with Crippen molar-refractivity contribution in [1.29, 1.82) is 0 Å². The van der Waals surface area contributed by atoms with Crippen molar-refractivity contribution >= 4 is 50.9 Å². The standard InChI is InChI=1S/C13H14ClF2IN4/c14-9-6-8(20-4-2-1-3-5-20)12-11(18-9)13(17)19-21(12)7-10(15)16/h6,10H,1-5,7H2/i4D. The lowest BCUT2D eigenvalue weighted by molar-refractivity contribution is 0.123. The molecule has 3 rings (SSSR count). The lowest BCUT2D eigenvalue weighted by Crippen LogP contribution is -2.30. The van der Waals surface area contributed by atoms with Gasteiger partial charge in [0.05, 0.1) is 5.69 Å². The maximum atomic E-state index is 12.8. The van der Waals surface area contributed by atoms with Crippen molar-refractivity contribution in [3.05, 3.63) is 14.9 Å². The smallest absolute Gasteiger partial charge is 0.257 e. The van der Waals surface area contributed by atoms with E-state index in [-0.39, 0.29) is 5.15 Å². The van der Waals surface area contributed by atoms with E-state index in [1.807, 2.05) is 27.5 Å². The Morgan fingerprint density at radius 2 is 2.24 bits per heavy atom. The third-order valence-electron chi connectivity index (χ3n) is 3.43. The van der Waals surface area contributed by atoms with Gasteiger partial charge in [-0.05, 0) is 41.9 Å². The number of pyridine rings is 1. The Morgan fingerprint density at radius 3 is 2.95 bits per heavy atom. The maximum Gasteiger partial charge on any atom is 0.257 e. The Labute approximate surface area is 141 Å². The summed E-state index contributed by atoms with van der Waals surface area (Å²) in [6.45, 7) is -0.185. The molecule has 1 aliphatic rings. The summed E-state index contributed by atoms with van der Waals surface area (Å²) in [4.78, 5) is 6.13. The van der Waals surface area contributed by atoms with Gasteiger partial charge in [0.1, 0.15) is 26.4 Å². The molecule has 1 aliphatic heterocycles. The van der Waals surface area contributed by atoms with Crippen LogP contribution in [0.4, 0.5) is 14.5 Å². The van der Waals surface area contributed by atoms with E-state index in [2.05, 4.69) is 10.1 Å². The molecule has 8 heteroatoms. The normalized spacial score (nSPS) is 20.3. The molecule has 0 bridgehead atoms. The molecule has 21 heavy (non-hydrogen) atoms. The maximum absolute atomic E-state index is 12.8. The summed E-state index contributed by atoms with van der Waals surface area (Å²) in [5, 5.41) is 4.45. The first-order valence-electron chi connectivity index (χ1n) is 7.24. The molecule has 0 N–H and O–H groups in total. The van der Waals surface area contributed by atoms with Crippen LogP contribution >= 0.6 is 34.2 Å². The van der Waals surface area contributed by atoms with Crippen LogP contribution in [0, 0.1) is 3.70 Å². The highest BCUT2D eigenvalue weighted by Gasteiger charge is 2.22. The van der Waals surface area contributed by atoms with E-state index in [9.17, 15) is 8.78 Å². The van der Waals surface area contributed by atoms with Crippen LogP contribution in [-0.4, -0.2) is 34.3 Å². The summed E-state index contributed by atoms with van der Waals surface area (Å²) >= 11 is 8.06. The number of piperidine rings is 1. The third-order valence-corrected chi connectivity index (χ3v) is 4.35. The van der Waals surface area contributed by atoms with Crippen molar-refractivity contribution < 1.29 is 10.2 Å². The number of fused-ring (bicyclic) bond motifs is 1. The summed E-state index contributed by atoms with van der Waals surface area (Å²) in [6, 6.07) is 1.65. The molecular formula is C13H14ClF2IN4. The minimum atomic E-state index is -2.50. The molecule has 2 aromatic heterocycles. The van der Waals surface area contributed by atoms with Gasteiger partial charge in [-0.15, -0.1) is 0 Å². The molecule has 114 valence electrons. The lowest BCUT2D eigenvalue weighted by atomic mass is 10.1. The number of rotatable bonds is 3. The number of hydrogen-bond donors (Lipinski definition) is 0. The molecule has 0 amide bonds. The molecule has 1 unspecified atom stereocenters. The predicted octanol–water partition coefficient (Wildman–Crippen LogP) is 3.94. The van der Waals surface area contributed by atoms with Gasteiger partial charge in [-0.1, -0.05) is 11.6 Å². The van der Waals surface area contributed by atoms with Crippen LogP contribution < -0.4 is 4.90 Å². The molecule has 0 saturated carbocycles. The summed E-state index contributed by atoms with van der Waals surface area (Å²) in [6.07, 6.45) is 0.217. The number of alkyl halides is 2. The van der Waals surface area contributed by atoms with Gasteiger partial charge in [0.15, 0.2) is 0 Å². The first-order chi connectivity index (χ1) is 10.5. The zero-order valence-corrected chi connectivity index (χ0v) is 14.0. The molecule has 4 nitrogen and oxygen atoms in total. The van der Waals surface area contributed by atoms with E-state index >= 15 is 0 Å². The van der Waals surface area contributed by atoms with Crippen LogP contribution in [0.15, 0.2) is 6.07 Å². The Balaban J connectivity index is 2.18. The fourth-order valence-corrected chi connectivity index (χ4v) is 3.39. The molecular weight excluding hydrogens is 413 g/mol. The number of hydrogen-bond acceptors (Lipinski definition) is 3. The Bertz CT molecular complexity index is 696. The van der Waals surface area contributed by atoms with Crippen molar-refractivity contribution in [3.8, 4) is 0 Å². The van der Waals surface area contributed by atoms with Crippen molar-refractivity contribution in [1.82, 2.24) is 14.8 Å². The topological polar surface area (TPSA) is 34.0 Å². The van der Waals surface area contributed by atoms with Gasteiger partial charge in [-0.25, -0.2) is 13.8 Å². The lowest BCUT2D eigenvalue weighted by Gasteiger charge is -2.29. The first kappa shape index (κ1) is 13.9. The molecule has 2 aromatic rings. The molecule has 0 spiro atoms. The third kappa shape index (κ3) is 3.08. The number of aromatic nitrogens is 3. The van der Waals surface area contributed by atoms with Crippen LogP contribution in [0.2, 0.25) is 5.15 Å². The van der Waals surface area contributed by atoms with Crippen molar-refractivity contribution in [2.24, 2.45) is 0 Å². The van der Waals surface area contributed by atoms with Crippen molar-refractivity contribution in [3.63, 3.8) is 0 Å². The summed E-state index contributed by atoms with van der Waals surface area (Å²) < 4.78 is 35.7. The average molecular weight is 428 g/mol. The van der Waals surface area contributed by atoms with E-state index in [4.69, 9.17) is 13.0 Å². The average Bonchev–Trinajstić information content (AvgIpc) is 2.74. The Kier molecular flexibility index (Phi) is 4.11. The van der Waals surface area contributed by atoms with Crippen LogP contribution in [0.1, 0.15) is 20.6 Å². The van der Waals surface area contributed by atoms with Gasteiger partial charge in [0.2, 0.25) is 0 Å². The fraction of sp³-hybridized carbons (Fsp3) is 0.538. The minimum absolute atomic E-state index is 0.287. The molecule has 1 saturated heterocycles. The van der Waals surface area contributed by atoms with Gasteiger partial charge in [-0.3, -0.25) is 4.68 Å². The Hall–Kier alpha value is -0.700. The quantitative estimate of drug-likeness (QED) is 0.550. The van der Waals surface area contributed by atoms with Crippen LogP contribution in [0.25, 0.3) is 11.0 Å². The summed E-state index contributed by atoms with van der Waals surface area (Å²) in [5.74, 6) is 0. The molecule has 1 fully saturated rings. The van der Waals surface area contributed by atoms with Crippen molar-refractivity contribution in [2.45, 2.75) is 32.2 Å². The monoisotopic (exact) mass is 427 g/mol. The van der Waals surface area contributed by atoms with E-state index in [1.165, 1.54) is 4.68 Å². The second kappa shape index (κ2) is 6.20. The highest BCUT2D eigenvalue weighted by atomic mass is 127. The zero-order valence-electron chi connectivity index (χ0n) is 12.1. The minimum Gasteiger partial charge on any atom is -0.370 e. The molecule has 0 aliphatic carbocycles. The molecule has 3 heterocycles. The van der Waals surface area contributed by atoms with Crippen LogP contribution in [0.3, 0.4) is 0 Å². The largest absolute Gasteiger partial charge is 0.370 e. The van der Waals surface area contributed by atoms with E-state index in [0.717, 1.165) is 19.3 Å². The molecule has 0 radical (unpaired) electrons. The van der Waals surface area contributed by atoms with Gasteiger partial charge >= 0.3 is 0 Å². The number of halogens is 4. The molecule has 0 aromatic carbocycles. The van der Waals surface area contributed by atoms with Crippen molar-refractivity contribution in [2.75, 3.05) is 18.0 Å². The van der Waals surface area contributed by atoms with Crippen LogP contribution in [0.5, 0.6) is 0 Å². The summed E-state index contributed by atoms with van der Waals surface area (Å²) in [5.41, 5.74) is 1.72. The highest BCUT2D eigenvalue weighted by molar-refractivity contribution is 14.1. The van der Waals surface area contributed by atoms with Gasteiger partial charge < -0.3 is 4.90 Å². The second-order valence-electron chi connectivity index (χ2n) is 4.90. The van der Waals surface area contributed by atoms with Gasteiger partial charge in [-0.2, -0.15) is 5.10 Å². The summed E-state index contributed by atoms with van der Waals surface area (Å²) in [7, 11) is 0. The Morgan fingerprint density at radius 1 is 1.43 bits per heavy atom. The van der Waals surface area contributed by atoms with Crippen LogP contribution in [-0.2, 0) is 6.54 Å². The SMILES string of the molecule is [2H]C1CCCCN1c1cc(Cl)nc2c(I)nn(CC(F)F)c12. The first-order valence-corrected chi connectivity index (χ1v) is 8.12. The highest BCUT2D eigenvalue weighted by Crippen LogP contribution is 2.33.